The van der Waals surface area contributed by atoms with Crippen LogP contribution in [0.1, 0.15) is 11.1 Å². The average Bonchev–Trinajstić information content (AvgIpc) is 2.60. The zero-order chi connectivity index (χ0) is 17.1. The summed E-state index contributed by atoms with van der Waals surface area (Å²) in [5.41, 5.74) is 2.31. The molecule has 4 nitrogen and oxygen atoms in total. The van der Waals surface area contributed by atoms with E-state index < -0.39 is 0 Å². The molecule has 3 rings (SSSR count). The molecule has 0 unspecified atom stereocenters. The summed E-state index contributed by atoms with van der Waals surface area (Å²) in [7, 11) is 3.24. The molecule has 124 valence electrons. The smallest absolute Gasteiger partial charge is 0.145 e. The fourth-order valence-corrected chi connectivity index (χ4v) is 2.73. The number of aromatic nitrogens is 1. The third kappa shape index (κ3) is 2.97. The van der Waals surface area contributed by atoms with Gasteiger partial charge in [-0.25, -0.2) is 9.37 Å². The predicted octanol–water partition coefficient (Wildman–Crippen LogP) is 4.31. The first kappa shape index (κ1) is 16.1. The van der Waals surface area contributed by atoms with Gasteiger partial charge in [-0.1, -0.05) is 18.2 Å². The number of anilines is 1. The summed E-state index contributed by atoms with van der Waals surface area (Å²) >= 11 is 0. The van der Waals surface area contributed by atoms with Gasteiger partial charge < -0.3 is 14.8 Å². The molecule has 5 heteroatoms. The van der Waals surface area contributed by atoms with Crippen molar-refractivity contribution in [2.24, 2.45) is 0 Å². The van der Waals surface area contributed by atoms with Crippen LogP contribution in [-0.4, -0.2) is 19.2 Å². The second-order valence-corrected chi connectivity index (χ2v) is 5.46. The van der Waals surface area contributed by atoms with Gasteiger partial charge in [0.1, 0.15) is 28.7 Å². The maximum atomic E-state index is 13.7. The first-order valence-electron chi connectivity index (χ1n) is 7.63. The minimum absolute atomic E-state index is 0.234. The number of nitrogens with one attached hydrogen (secondary N) is 1. The fourth-order valence-electron chi connectivity index (χ4n) is 2.73. The molecule has 0 aliphatic heterocycles. The van der Waals surface area contributed by atoms with Gasteiger partial charge in [0.25, 0.3) is 0 Å². The lowest BCUT2D eigenvalue weighted by molar-refractivity contribution is 0.409. The SMILES string of the molecule is COc1ccc(OC)c2c(C)cc(NCc3ccccc3F)nc12. The Kier molecular flexibility index (Phi) is 4.51. The number of benzene rings is 2. The Morgan fingerprint density at radius 2 is 1.75 bits per heavy atom. The van der Waals surface area contributed by atoms with E-state index in [9.17, 15) is 4.39 Å². The summed E-state index contributed by atoms with van der Waals surface area (Å²) in [6.45, 7) is 2.34. The number of pyridine rings is 1. The van der Waals surface area contributed by atoms with E-state index >= 15 is 0 Å². The van der Waals surface area contributed by atoms with Crippen molar-refractivity contribution < 1.29 is 13.9 Å². The number of nitrogens with zero attached hydrogens (tertiary/aromatic N) is 1. The van der Waals surface area contributed by atoms with Crippen molar-refractivity contribution in [2.45, 2.75) is 13.5 Å². The van der Waals surface area contributed by atoms with Gasteiger partial charge in [0, 0.05) is 17.5 Å². The van der Waals surface area contributed by atoms with E-state index in [4.69, 9.17) is 9.47 Å². The molecule has 1 N–H and O–H groups in total. The van der Waals surface area contributed by atoms with Crippen molar-refractivity contribution in [1.82, 2.24) is 4.98 Å². The van der Waals surface area contributed by atoms with Gasteiger partial charge in [0.15, 0.2) is 0 Å². The van der Waals surface area contributed by atoms with Gasteiger partial charge in [-0.2, -0.15) is 0 Å². The molecular weight excluding hydrogens is 307 g/mol. The molecule has 3 aromatic rings. The van der Waals surface area contributed by atoms with Crippen LogP contribution in [0.4, 0.5) is 10.2 Å². The minimum Gasteiger partial charge on any atom is -0.496 e. The Morgan fingerprint density at radius 1 is 1.04 bits per heavy atom. The van der Waals surface area contributed by atoms with Gasteiger partial charge in [0.05, 0.1) is 14.2 Å². The second kappa shape index (κ2) is 6.74. The van der Waals surface area contributed by atoms with Gasteiger partial charge >= 0.3 is 0 Å². The first-order chi connectivity index (χ1) is 11.6. The molecule has 0 radical (unpaired) electrons. The van der Waals surface area contributed by atoms with Crippen LogP contribution in [0.15, 0.2) is 42.5 Å². The van der Waals surface area contributed by atoms with Crippen molar-refractivity contribution in [3.05, 3.63) is 59.4 Å². The topological polar surface area (TPSA) is 43.4 Å². The highest BCUT2D eigenvalue weighted by atomic mass is 19.1. The maximum absolute atomic E-state index is 13.7. The summed E-state index contributed by atoms with van der Waals surface area (Å²) in [4.78, 5) is 4.62. The molecule has 0 aliphatic carbocycles. The standard InChI is InChI=1S/C19H19FN2O2/c1-12-10-17(21-11-13-6-4-5-7-14(13)20)22-19-16(24-3)9-8-15(23-2)18(12)19/h4-10H,11H2,1-3H3,(H,21,22). The van der Waals surface area contributed by atoms with Crippen LogP contribution < -0.4 is 14.8 Å². The Balaban J connectivity index is 1.99. The summed E-state index contributed by atoms with van der Waals surface area (Å²) in [5, 5.41) is 4.09. The molecule has 0 aliphatic rings. The van der Waals surface area contributed by atoms with Gasteiger partial charge in [0.2, 0.25) is 0 Å². The van der Waals surface area contributed by atoms with Crippen LogP contribution in [0.3, 0.4) is 0 Å². The molecule has 24 heavy (non-hydrogen) atoms. The highest BCUT2D eigenvalue weighted by Crippen LogP contribution is 2.35. The third-order valence-corrected chi connectivity index (χ3v) is 3.94. The molecule has 1 heterocycles. The molecule has 2 aromatic carbocycles. The van der Waals surface area contributed by atoms with Crippen molar-refractivity contribution in [3.63, 3.8) is 0 Å². The van der Waals surface area contributed by atoms with Crippen molar-refractivity contribution >= 4 is 16.7 Å². The van der Waals surface area contributed by atoms with E-state index in [1.165, 1.54) is 6.07 Å². The molecule has 0 saturated carbocycles. The van der Waals surface area contributed by atoms with Crippen LogP contribution in [-0.2, 0) is 6.54 Å². The number of hydrogen-bond donors (Lipinski definition) is 1. The summed E-state index contributed by atoms with van der Waals surface area (Å²) < 4.78 is 24.6. The number of aryl methyl sites for hydroxylation is 1. The zero-order valence-electron chi connectivity index (χ0n) is 13.9. The number of hydrogen-bond acceptors (Lipinski definition) is 4. The van der Waals surface area contributed by atoms with E-state index in [2.05, 4.69) is 10.3 Å². The lowest BCUT2D eigenvalue weighted by Gasteiger charge is -2.14. The Morgan fingerprint density at radius 3 is 2.46 bits per heavy atom. The van der Waals surface area contributed by atoms with Crippen LogP contribution in [0.2, 0.25) is 0 Å². The monoisotopic (exact) mass is 326 g/mol. The largest absolute Gasteiger partial charge is 0.496 e. The van der Waals surface area contributed by atoms with E-state index in [-0.39, 0.29) is 5.82 Å². The van der Waals surface area contributed by atoms with Crippen LogP contribution in [0.5, 0.6) is 11.5 Å². The fraction of sp³-hybridized carbons (Fsp3) is 0.211. The summed E-state index contributed by atoms with van der Waals surface area (Å²) in [6.07, 6.45) is 0. The molecule has 0 fully saturated rings. The highest BCUT2D eigenvalue weighted by molar-refractivity contribution is 5.94. The first-order valence-corrected chi connectivity index (χ1v) is 7.63. The average molecular weight is 326 g/mol. The number of methoxy groups -OCH3 is 2. The number of fused-ring (bicyclic) bond motifs is 1. The molecule has 1 aromatic heterocycles. The van der Waals surface area contributed by atoms with Gasteiger partial charge in [-0.15, -0.1) is 0 Å². The Labute approximate surface area is 140 Å². The molecule has 0 amide bonds. The van der Waals surface area contributed by atoms with E-state index in [0.29, 0.717) is 29.2 Å². The minimum atomic E-state index is -0.234. The van der Waals surface area contributed by atoms with Crippen molar-refractivity contribution in [1.29, 1.82) is 0 Å². The van der Waals surface area contributed by atoms with E-state index in [0.717, 1.165) is 16.7 Å². The van der Waals surface area contributed by atoms with Gasteiger partial charge in [-0.05, 0) is 36.8 Å². The van der Waals surface area contributed by atoms with Crippen molar-refractivity contribution in [2.75, 3.05) is 19.5 Å². The molecule has 0 saturated heterocycles. The quantitative estimate of drug-likeness (QED) is 0.759. The summed E-state index contributed by atoms with van der Waals surface area (Å²) in [5.74, 6) is 1.84. The van der Waals surface area contributed by atoms with Crippen LogP contribution >= 0.6 is 0 Å². The highest BCUT2D eigenvalue weighted by Gasteiger charge is 2.13. The van der Waals surface area contributed by atoms with Crippen LogP contribution in [0, 0.1) is 12.7 Å². The number of rotatable bonds is 5. The normalized spacial score (nSPS) is 10.7. The zero-order valence-corrected chi connectivity index (χ0v) is 13.9. The van der Waals surface area contributed by atoms with Crippen LogP contribution in [0.25, 0.3) is 10.9 Å². The van der Waals surface area contributed by atoms with E-state index in [1.54, 1.807) is 26.4 Å². The van der Waals surface area contributed by atoms with Crippen molar-refractivity contribution in [3.8, 4) is 11.5 Å². The lowest BCUT2D eigenvalue weighted by atomic mass is 10.1. The lowest BCUT2D eigenvalue weighted by Crippen LogP contribution is -2.04. The maximum Gasteiger partial charge on any atom is 0.145 e. The molecular formula is C19H19FN2O2. The van der Waals surface area contributed by atoms with Gasteiger partial charge in [-0.3, -0.25) is 0 Å². The Hall–Kier alpha value is -2.82. The number of ether oxygens (including phenoxy) is 2. The number of halogens is 1. The molecule has 0 bridgehead atoms. The third-order valence-electron chi connectivity index (χ3n) is 3.94. The Bertz CT molecular complexity index is 881. The second-order valence-electron chi connectivity index (χ2n) is 5.46. The predicted molar refractivity (Wildman–Crippen MR) is 93.3 cm³/mol. The molecule has 0 atom stereocenters. The molecule has 0 spiro atoms. The summed E-state index contributed by atoms with van der Waals surface area (Å²) in [6, 6.07) is 12.3. The van der Waals surface area contributed by atoms with E-state index in [1.807, 2.05) is 31.2 Å².